The van der Waals surface area contributed by atoms with Crippen LogP contribution in [0.15, 0.2) is 0 Å². The fraction of sp³-hybridized carbons (Fsp3) is 0.900. The highest BCUT2D eigenvalue weighted by Crippen LogP contribution is 2.13. The van der Waals surface area contributed by atoms with Crippen molar-refractivity contribution >= 4 is 17.7 Å². The van der Waals surface area contributed by atoms with Crippen LogP contribution >= 0.6 is 11.8 Å². The molecule has 0 radical (unpaired) electrons. The summed E-state index contributed by atoms with van der Waals surface area (Å²) >= 11 is 1.80. The molecular formula is C10H20N2OS. The fourth-order valence-electron chi connectivity index (χ4n) is 1.62. The number of carbonyl (C=O) groups is 1. The Morgan fingerprint density at radius 1 is 1.64 bits per heavy atom. The second-order valence-corrected chi connectivity index (χ2v) is 4.93. The molecule has 1 amide bonds. The predicted molar refractivity (Wildman–Crippen MR) is 61.4 cm³/mol. The first-order chi connectivity index (χ1) is 6.66. The van der Waals surface area contributed by atoms with Gasteiger partial charge in [-0.2, -0.15) is 0 Å². The van der Waals surface area contributed by atoms with Crippen molar-refractivity contribution in [3.8, 4) is 0 Å². The first-order valence-electron chi connectivity index (χ1n) is 5.28. The minimum absolute atomic E-state index is 0.0500. The highest BCUT2D eigenvalue weighted by molar-refractivity contribution is 7.99. The van der Waals surface area contributed by atoms with Gasteiger partial charge in [-0.15, -0.1) is 11.8 Å². The third-order valence-electron chi connectivity index (χ3n) is 2.39. The lowest BCUT2D eigenvalue weighted by molar-refractivity contribution is -0.134. The van der Waals surface area contributed by atoms with Gasteiger partial charge < -0.3 is 4.90 Å². The molecule has 4 heteroatoms. The normalized spacial score (nSPS) is 21.6. The lowest BCUT2D eigenvalue weighted by Crippen LogP contribution is -2.48. The van der Waals surface area contributed by atoms with E-state index in [1.54, 1.807) is 11.8 Å². The third kappa shape index (κ3) is 2.89. The molecule has 1 saturated heterocycles. The molecule has 0 spiro atoms. The van der Waals surface area contributed by atoms with Crippen LogP contribution in [0.1, 0.15) is 27.2 Å². The summed E-state index contributed by atoms with van der Waals surface area (Å²) in [4.78, 5) is 14.0. The van der Waals surface area contributed by atoms with Gasteiger partial charge in [0.25, 0.3) is 0 Å². The van der Waals surface area contributed by atoms with Crippen LogP contribution in [-0.2, 0) is 4.79 Å². The van der Waals surface area contributed by atoms with Gasteiger partial charge in [0.1, 0.15) is 0 Å². The summed E-state index contributed by atoms with van der Waals surface area (Å²) in [7, 11) is 0. The number of nitrogens with one attached hydrogen (secondary N) is 1. The maximum absolute atomic E-state index is 12.0. The molecule has 0 saturated carbocycles. The van der Waals surface area contributed by atoms with E-state index in [9.17, 15) is 4.79 Å². The zero-order chi connectivity index (χ0) is 10.6. The predicted octanol–water partition coefficient (Wildman–Crippen LogP) is 1.30. The molecule has 1 unspecified atom stereocenters. The van der Waals surface area contributed by atoms with Gasteiger partial charge in [-0.1, -0.05) is 6.92 Å². The Bertz CT molecular complexity index is 191. The van der Waals surface area contributed by atoms with Gasteiger partial charge in [-0.25, -0.2) is 0 Å². The Balaban J connectivity index is 2.53. The Morgan fingerprint density at radius 3 is 2.79 bits per heavy atom. The van der Waals surface area contributed by atoms with Crippen molar-refractivity contribution in [2.75, 3.05) is 18.2 Å². The molecule has 0 bridgehead atoms. The van der Waals surface area contributed by atoms with Crippen LogP contribution in [0, 0.1) is 0 Å². The number of amides is 1. The van der Waals surface area contributed by atoms with E-state index >= 15 is 0 Å². The van der Waals surface area contributed by atoms with Crippen molar-refractivity contribution in [2.24, 2.45) is 0 Å². The summed E-state index contributed by atoms with van der Waals surface area (Å²) in [5, 5.41) is 3.22. The zero-order valence-electron chi connectivity index (χ0n) is 9.25. The maximum Gasteiger partial charge on any atom is 0.240 e. The van der Waals surface area contributed by atoms with Crippen molar-refractivity contribution in [2.45, 2.75) is 39.3 Å². The molecule has 1 aliphatic heterocycles. The van der Waals surface area contributed by atoms with Crippen molar-refractivity contribution in [3.63, 3.8) is 0 Å². The van der Waals surface area contributed by atoms with Gasteiger partial charge in [-0.3, -0.25) is 10.1 Å². The second kappa shape index (κ2) is 5.61. The van der Waals surface area contributed by atoms with Crippen LogP contribution in [0.25, 0.3) is 0 Å². The first-order valence-corrected chi connectivity index (χ1v) is 6.44. The summed E-state index contributed by atoms with van der Waals surface area (Å²) in [6.07, 6.45) is 1.03. The molecule has 82 valence electrons. The zero-order valence-corrected chi connectivity index (χ0v) is 10.1. The monoisotopic (exact) mass is 216 g/mol. The highest BCUT2D eigenvalue weighted by atomic mass is 32.2. The molecule has 0 aliphatic carbocycles. The second-order valence-electron chi connectivity index (χ2n) is 3.90. The van der Waals surface area contributed by atoms with E-state index < -0.39 is 0 Å². The van der Waals surface area contributed by atoms with E-state index in [0.29, 0.717) is 6.04 Å². The van der Waals surface area contributed by atoms with Crippen LogP contribution in [0.5, 0.6) is 0 Å². The highest BCUT2D eigenvalue weighted by Gasteiger charge is 2.27. The largest absolute Gasteiger partial charge is 0.339 e. The third-order valence-corrected chi connectivity index (χ3v) is 3.33. The molecule has 1 heterocycles. The fourth-order valence-corrected chi connectivity index (χ4v) is 2.55. The molecule has 0 aromatic carbocycles. The lowest BCUT2D eigenvalue weighted by Gasteiger charge is -2.28. The number of rotatable bonds is 4. The summed E-state index contributed by atoms with van der Waals surface area (Å²) < 4.78 is 0. The SMILES string of the molecule is CCCN(C(=O)C1CSCN1)C(C)C. The van der Waals surface area contributed by atoms with Crippen molar-refractivity contribution < 1.29 is 4.79 Å². The van der Waals surface area contributed by atoms with Gasteiger partial charge in [0, 0.05) is 24.2 Å². The topological polar surface area (TPSA) is 32.3 Å². The molecule has 14 heavy (non-hydrogen) atoms. The number of hydrogen-bond donors (Lipinski definition) is 1. The molecule has 1 atom stereocenters. The Labute approximate surface area is 90.6 Å². The van der Waals surface area contributed by atoms with Crippen molar-refractivity contribution in [1.82, 2.24) is 10.2 Å². The number of hydrogen-bond acceptors (Lipinski definition) is 3. The van der Waals surface area contributed by atoms with Gasteiger partial charge >= 0.3 is 0 Å². The smallest absolute Gasteiger partial charge is 0.240 e. The van der Waals surface area contributed by atoms with Crippen LogP contribution in [0.4, 0.5) is 0 Å². The number of nitrogens with zero attached hydrogens (tertiary/aromatic N) is 1. The van der Waals surface area contributed by atoms with Crippen LogP contribution in [0.2, 0.25) is 0 Å². The van der Waals surface area contributed by atoms with E-state index in [-0.39, 0.29) is 11.9 Å². The van der Waals surface area contributed by atoms with Gasteiger partial charge in [0.15, 0.2) is 0 Å². The Kier molecular flexibility index (Phi) is 4.75. The molecule has 1 N–H and O–H groups in total. The molecule has 0 aromatic rings. The van der Waals surface area contributed by atoms with Gasteiger partial charge in [-0.05, 0) is 20.3 Å². The number of carbonyl (C=O) groups excluding carboxylic acids is 1. The average Bonchev–Trinajstić information content (AvgIpc) is 2.65. The minimum Gasteiger partial charge on any atom is -0.339 e. The van der Waals surface area contributed by atoms with E-state index in [1.165, 1.54) is 0 Å². The van der Waals surface area contributed by atoms with Crippen LogP contribution in [0.3, 0.4) is 0 Å². The minimum atomic E-state index is 0.0500. The van der Waals surface area contributed by atoms with Crippen LogP contribution < -0.4 is 5.32 Å². The lowest BCUT2D eigenvalue weighted by atomic mass is 10.2. The number of thioether (sulfide) groups is 1. The molecule has 1 fully saturated rings. The van der Waals surface area contributed by atoms with Crippen molar-refractivity contribution in [3.05, 3.63) is 0 Å². The summed E-state index contributed by atoms with van der Waals surface area (Å²) in [6.45, 7) is 7.14. The molecule has 1 rings (SSSR count). The summed E-state index contributed by atoms with van der Waals surface area (Å²) in [5.41, 5.74) is 0. The van der Waals surface area contributed by atoms with E-state index in [2.05, 4.69) is 26.1 Å². The van der Waals surface area contributed by atoms with E-state index in [4.69, 9.17) is 0 Å². The van der Waals surface area contributed by atoms with E-state index in [0.717, 1.165) is 24.6 Å². The summed E-state index contributed by atoms with van der Waals surface area (Å²) in [5.74, 6) is 2.10. The first kappa shape index (κ1) is 11.9. The standard InChI is InChI=1S/C10H20N2OS/c1-4-5-12(8(2)3)10(13)9-6-14-7-11-9/h8-9,11H,4-7H2,1-3H3. The Hall–Kier alpha value is -0.220. The van der Waals surface area contributed by atoms with Crippen molar-refractivity contribution in [1.29, 1.82) is 0 Å². The Morgan fingerprint density at radius 2 is 2.36 bits per heavy atom. The average molecular weight is 216 g/mol. The quantitative estimate of drug-likeness (QED) is 0.768. The molecule has 0 aromatic heterocycles. The van der Waals surface area contributed by atoms with Crippen LogP contribution in [-0.4, -0.2) is 41.1 Å². The van der Waals surface area contributed by atoms with Gasteiger partial charge in [0.2, 0.25) is 5.91 Å². The van der Waals surface area contributed by atoms with E-state index in [1.807, 2.05) is 4.90 Å². The molecule has 1 aliphatic rings. The summed E-state index contributed by atoms with van der Waals surface area (Å²) in [6, 6.07) is 0.365. The molecule has 3 nitrogen and oxygen atoms in total. The van der Waals surface area contributed by atoms with Gasteiger partial charge in [0.05, 0.1) is 6.04 Å². The molecular weight excluding hydrogens is 196 g/mol. The maximum atomic E-state index is 12.0.